The van der Waals surface area contributed by atoms with E-state index in [1.807, 2.05) is 41.3 Å². The van der Waals surface area contributed by atoms with E-state index in [-0.39, 0.29) is 11.3 Å². The number of benzene rings is 3. The van der Waals surface area contributed by atoms with Gasteiger partial charge in [0.05, 0.1) is 20.0 Å². The highest BCUT2D eigenvalue weighted by molar-refractivity contribution is 8.00. The number of rotatable bonds is 4. The summed E-state index contributed by atoms with van der Waals surface area (Å²) in [7, 11) is 3.31. The van der Waals surface area contributed by atoms with Gasteiger partial charge in [0.1, 0.15) is 16.9 Å². The Morgan fingerprint density at radius 3 is 2.27 bits per heavy atom. The number of ether oxygens (including phenoxy) is 2. The van der Waals surface area contributed by atoms with Crippen LogP contribution in [0.1, 0.15) is 10.9 Å². The number of anilines is 1. The largest absolute Gasteiger partial charge is 0.497 e. The summed E-state index contributed by atoms with van der Waals surface area (Å²) in [4.78, 5) is 14.4. The van der Waals surface area contributed by atoms with E-state index in [0.717, 1.165) is 33.5 Å². The molecule has 0 spiro atoms. The van der Waals surface area contributed by atoms with Crippen LogP contribution >= 0.6 is 11.8 Å². The second-order valence-electron chi connectivity index (χ2n) is 6.10. The lowest BCUT2D eigenvalue weighted by Crippen LogP contribution is -2.27. The molecule has 1 aliphatic heterocycles. The predicted octanol–water partition coefficient (Wildman–Crippen LogP) is 4.64. The Bertz CT molecular complexity index is 955. The Hall–Kier alpha value is -2.66. The maximum Gasteiger partial charge on any atom is 0.238 e. The minimum Gasteiger partial charge on any atom is -0.497 e. The van der Waals surface area contributed by atoms with Crippen molar-refractivity contribution in [1.29, 1.82) is 0 Å². The van der Waals surface area contributed by atoms with Crippen molar-refractivity contribution >= 4 is 34.1 Å². The van der Waals surface area contributed by atoms with Crippen LogP contribution in [-0.2, 0) is 4.79 Å². The summed E-state index contributed by atoms with van der Waals surface area (Å²) in [5.74, 6) is 2.23. The van der Waals surface area contributed by atoms with Crippen molar-refractivity contribution in [3.05, 3.63) is 66.2 Å². The number of nitrogens with zero attached hydrogens (tertiary/aromatic N) is 1. The van der Waals surface area contributed by atoms with Gasteiger partial charge < -0.3 is 9.47 Å². The van der Waals surface area contributed by atoms with Crippen molar-refractivity contribution in [3.63, 3.8) is 0 Å². The summed E-state index contributed by atoms with van der Waals surface area (Å²) in [6.45, 7) is 0. The molecule has 4 nitrogen and oxygen atoms in total. The molecule has 0 unspecified atom stereocenters. The predicted molar refractivity (Wildman–Crippen MR) is 106 cm³/mol. The molecular formula is C21H19NO3S. The molecule has 132 valence electrons. The lowest BCUT2D eigenvalue weighted by atomic mass is 10.1. The highest BCUT2D eigenvalue weighted by atomic mass is 32.2. The molecule has 26 heavy (non-hydrogen) atoms. The van der Waals surface area contributed by atoms with Gasteiger partial charge in [-0.2, -0.15) is 0 Å². The zero-order chi connectivity index (χ0) is 18.1. The maximum atomic E-state index is 12.5. The first-order valence-electron chi connectivity index (χ1n) is 8.35. The summed E-state index contributed by atoms with van der Waals surface area (Å²) in [5, 5.41) is 2.23. The minimum absolute atomic E-state index is 0.0256. The Morgan fingerprint density at radius 1 is 0.885 bits per heavy atom. The molecule has 1 saturated heterocycles. The number of carbonyl (C=O) groups excluding carboxylic acids is 1. The third kappa shape index (κ3) is 2.99. The molecule has 1 fully saturated rings. The SMILES string of the molecule is COc1ccc(N2C(=O)CS[C@H]2c2ccc3cc(OC)ccc3c2)cc1. The van der Waals surface area contributed by atoms with Crippen LogP contribution in [0, 0.1) is 0 Å². The second-order valence-corrected chi connectivity index (χ2v) is 7.17. The summed E-state index contributed by atoms with van der Waals surface area (Å²) in [6, 6.07) is 20.0. The standard InChI is InChI=1S/C21H19NO3S/c1-24-18-9-6-17(7-10-18)22-20(23)13-26-21(22)16-4-3-15-12-19(25-2)8-5-14(15)11-16/h3-12,21H,13H2,1-2H3/t21-/m0/s1. The van der Waals surface area contributed by atoms with Crippen molar-refractivity contribution in [2.45, 2.75) is 5.37 Å². The van der Waals surface area contributed by atoms with Gasteiger partial charge in [0.15, 0.2) is 0 Å². The van der Waals surface area contributed by atoms with E-state index in [2.05, 4.69) is 24.3 Å². The third-order valence-electron chi connectivity index (χ3n) is 4.58. The molecule has 3 aromatic rings. The monoisotopic (exact) mass is 365 g/mol. The van der Waals surface area contributed by atoms with Crippen LogP contribution in [0.2, 0.25) is 0 Å². The number of thioether (sulfide) groups is 1. The number of fused-ring (bicyclic) bond motifs is 1. The van der Waals surface area contributed by atoms with Crippen molar-refractivity contribution in [2.24, 2.45) is 0 Å². The zero-order valence-electron chi connectivity index (χ0n) is 14.6. The smallest absolute Gasteiger partial charge is 0.238 e. The van der Waals surface area contributed by atoms with Crippen LogP contribution in [0.15, 0.2) is 60.7 Å². The van der Waals surface area contributed by atoms with E-state index in [1.165, 1.54) is 0 Å². The van der Waals surface area contributed by atoms with Crippen molar-refractivity contribution < 1.29 is 14.3 Å². The summed E-state index contributed by atoms with van der Waals surface area (Å²) in [5.41, 5.74) is 2.01. The van der Waals surface area contributed by atoms with Crippen molar-refractivity contribution in [3.8, 4) is 11.5 Å². The van der Waals surface area contributed by atoms with E-state index < -0.39 is 0 Å². The Labute approximate surface area is 156 Å². The van der Waals surface area contributed by atoms with Crippen LogP contribution in [0.5, 0.6) is 11.5 Å². The average molecular weight is 365 g/mol. The molecule has 0 aromatic heterocycles. The fourth-order valence-electron chi connectivity index (χ4n) is 3.22. The molecule has 1 aliphatic rings. The zero-order valence-corrected chi connectivity index (χ0v) is 15.5. The molecule has 0 bridgehead atoms. The molecule has 0 radical (unpaired) electrons. The highest BCUT2D eigenvalue weighted by Crippen LogP contribution is 2.42. The van der Waals surface area contributed by atoms with Gasteiger partial charge in [-0.25, -0.2) is 0 Å². The Kier molecular flexibility index (Phi) is 4.47. The lowest BCUT2D eigenvalue weighted by Gasteiger charge is -2.24. The van der Waals surface area contributed by atoms with Crippen molar-refractivity contribution in [1.82, 2.24) is 0 Å². The quantitative estimate of drug-likeness (QED) is 0.675. The Balaban J connectivity index is 1.70. The second kappa shape index (κ2) is 6.92. The molecule has 5 heteroatoms. The fourth-order valence-corrected chi connectivity index (χ4v) is 4.38. The number of carbonyl (C=O) groups is 1. The molecule has 3 aromatic carbocycles. The van der Waals surface area contributed by atoms with Crippen LogP contribution in [-0.4, -0.2) is 25.9 Å². The van der Waals surface area contributed by atoms with Gasteiger partial charge in [0, 0.05) is 5.69 Å². The number of hydrogen-bond acceptors (Lipinski definition) is 4. The third-order valence-corrected chi connectivity index (χ3v) is 5.79. The number of methoxy groups -OCH3 is 2. The van der Waals surface area contributed by atoms with Gasteiger partial charge in [0.25, 0.3) is 0 Å². The van der Waals surface area contributed by atoms with Crippen LogP contribution in [0.25, 0.3) is 10.8 Å². The van der Waals surface area contributed by atoms with Gasteiger partial charge >= 0.3 is 0 Å². The highest BCUT2D eigenvalue weighted by Gasteiger charge is 2.34. The normalized spacial score (nSPS) is 16.9. The summed E-state index contributed by atoms with van der Waals surface area (Å²) < 4.78 is 10.5. The van der Waals surface area contributed by atoms with E-state index in [1.54, 1.807) is 26.0 Å². The van der Waals surface area contributed by atoms with Gasteiger partial charge in [-0.05, 0) is 58.8 Å². The molecule has 4 rings (SSSR count). The van der Waals surface area contributed by atoms with E-state index in [4.69, 9.17) is 9.47 Å². The summed E-state index contributed by atoms with van der Waals surface area (Å²) in [6.07, 6.45) is 0. The maximum absolute atomic E-state index is 12.5. The van der Waals surface area contributed by atoms with Crippen LogP contribution in [0.4, 0.5) is 5.69 Å². The summed E-state index contributed by atoms with van der Waals surface area (Å²) >= 11 is 1.65. The van der Waals surface area contributed by atoms with Crippen LogP contribution < -0.4 is 14.4 Å². The van der Waals surface area contributed by atoms with Gasteiger partial charge in [0.2, 0.25) is 5.91 Å². The average Bonchev–Trinajstić information content (AvgIpc) is 3.08. The van der Waals surface area contributed by atoms with Gasteiger partial charge in [-0.1, -0.05) is 18.2 Å². The van der Waals surface area contributed by atoms with Crippen molar-refractivity contribution in [2.75, 3.05) is 24.9 Å². The van der Waals surface area contributed by atoms with E-state index in [9.17, 15) is 4.79 Å². The molecule has 1 atom stereocenters. The van der Waals surface area contributed by atoms with E-state index in [0.29, 0.717) is 5.75 Å². The molecular weight excluding hydrogens is 346 g/mol. The first-order chi connectivity index (χ1) is 12.7. The topological polar surface area (TPSA) is 38.8 Å². The minimum atomic E-state index is -0.0256. The molecule has 1 heterocycles. The van der Waals surface area contributed by atoms with Crippen LogP contribution in [0.3, 0.4) is 0 Å². The number of amides is 1. The lowest BCUT2D eigenvalue weighted by molar-refractivity contribution is -0.115. The van der Waals surface area contributed by atoms with E-state index >= 15 is 0 Å². The molecule has 1 amide bonds. The molecule has 0 saturated carbocycles. The molecule has 0 aliphatic carbocycles. The first kappa shape index (κ1) is 16.8. The Morgan fingerprint density at radius 2 is 1.54 bits per heavy atom. The molecule has 0 N–H and O–H groups in total. The fraction of sp³-hybridized carbons (Fsp3) is 0.190. The van der Waals surface area contributed by atoms with Gasteiger partial charge in [-0.3, -0.25) is 9.69 Å². The first-order valence-corrected chi connectivity index (χ1v) is 9.40. The van der Waals surface area contributed by atoms with Gasteiger partial charge in [-0.15, -0.1) is 11.8 Å². The number of hydrogen-bond donors (Lipinski definition) is 0.